The van der Waals surface area contributed by atoms with Gasteiger partial charge in [-0.1, -0.05) is 13.8 Å². The molecule has 0 aliphatic rings. The number of amides is 2. The van der Waals surface area contributed by atoms with Crippen LogP contribution in [0.5, 0.6) is 23.0 Å². The van der Waals surface area contributed by atoms with Crippen LogP contribution in [-0.4, -0.2) is 46.3 Å². The minimum atomic E-state index is -0.786. The highest BCUT2D eigenvalue weighted by Crippen LogP contribution is 2.29. The van der Waals surface area contributed by atoms with Crippen molar-refractivity contribution in [1.82, 2.24) is 5.32 Å². The van der Waals surface area contributed by atoms with E-state index in [9.17, 15) is 9.59 Å². The molecule has 0 aromatic heterocycles. The monoisotopic (exact) mass is 416 g/mol. The molecule has 0 bridgehead atoms. The summed E-state index contributed by atoms with van der Waals surface area (Å²) in [4.78, 5) is 25.8. The van der Waals surface area contributed by atoms with E-state index in [-0.39, 0.29) is 11.8 Å². The normalized spacial score (nSPS) is 11.4. The zero-order valence-corrected chi connectivity index (χ0v) is 18.1. The summed E-state index contributed by atoms with van der Waals surface area (Å²) in [6.45, 7) is 3.69. The molecule has 2 N–H and O–H groups in total. The second-order valence-corrected chi connectivity index (χ2v) is 6.85. The third-order valence-electron chi connectivity index (χ3n) is 4.51. The summed E-state index contributed by atoms with van der Waals surface area (Å²) >= 11 is 0. The van der Waals surface area contributed by atoms with Crippen molar-refractivity contribution in [2.75, 3.05) is 33.8 Å². The first kappa shape index (κ1) is 22.9. The lowest BCUT2D eigenvalue weighted by Gasteiger charge is -2.22. The summed E-state index contributed by atoms with van der Waals surface area (Å²) in [7, 11) is 6.05. The van der Waals surface area contributed by atoms with Crippen LogP contribution in [0.15, 0.2) is 36.4 Å². The maximum atomic E-state index is 13.0. The zero-order chi connectivity index (χ0) is 22.3. The van der Waals surface area contributed by atoms with Gasteiger partial charge in [0.1, 0.15) is 29.0 Å². The van der Waals surface area contributed by atoms with Crippen LogP contribution in [0, 0.1) is 5.92 Å². The van der Waals surface area contributed by atoms with Crippen molar-refractivity contribution in [2.45, 2.75) is 19.9 Å². The van der Waals surface area contributed by atoms with E-state index in [2.05, 4.69) is 10.6 Å². The van der Waals surface area contributed by atoms with Crippen LogP contribution in [0.25, 0.3) is 0 Å². The van der Waals surface area contributed by atoms with Gasteiger partial charge in [-0.2, -0.15) is 0 Å². The van der Waals surface area contributed by atoms with Crippen LogP contribution < -0.4 is 29.6 Å². The van der Waals surface area contributed by atoms with Gasteiger partial charge < -0.3 is 29.6 Å². The van der Waals surface area contributed by atoms with Crippen molar-refractivity contribution in [1.29, 1.82) is 0 Å². The lowest BCUT2D eigenvalue weighted by atomic mass is 10.0. The Morgan fingerprint density at radius 2 is 1.40 bits per heavy atom. The van der Waals surface area contributed by atoms with Gasteiger partial charge in [0.15, 0.2) is 0 Å². The van der Waals surface area contributed by atoms with Gasteiger partial charge in [0.25, 0.3) is 5.91 Å². The highest BCUT2D eigenvalue weighted by molar-refractivity contribution is 6.02. The Kier molecular flexibility index (Phi) is 7.91. The molecule has 1 atom stereocenters. The van der Waals surface area contributed by atoms with E-state index >= 15 is 0 Å². The average Bonchev–Trinajstić information content (AvgIpc) is 2.76. The van der Waals surface area contributed by atoms with Crippen LogP contribution in [0.4, 0.5) is 5.69 Å². The van der Waals surface area contributed by atoms with E-state index in [0.717, 1.165) is 0 Å². The molecule has 2 aromatic rings. The molecule has 0 spiro atoms. The number of ether oxygens (including phenoxy) is 4. The molecule has 0 radical (unpaired) electrons. The molecule has 2 aromatic carbocycles. The number of hydrogen-bond acceptors (Lipinski definition) is 6. The maximum absolute atomic E-state index is 13.0. The molecular formula is C22H28N2O6. The third-order valence-corrected chi connectivity index (χ3v) is 4.51. The first-order valence-electron chi connectivity index (χ1n) is 9.39. The molecule has 0 fully saturated rings. The molecule has 30 heavy (non-hydrogen) atoms. The fourth-order valence-corrected chi connectivity index (χ4v) is 2.82. The lowest BCUT2D eigenvalue weighted by Crippen LogP contribution is -2.47. The SMILES string of the molecule is COc1cc(OC)cc(C(=O)NC(C(=O)Nc2cc(OC)ccc2OC)C(C)C)c1. The molecule has 1 unspecified atom stereocenters. The highest BCUT2D eigenvalue weighted by atomic mass is 16.5. The first-order valence-corrected chi connectivity index (χ1v) is 9.39. The molecule has 0 heterocycles. The number of carbonyl (C=O) groups is 2. The van der Waals surface area contributed by atoms with Crippen LogP contribution in [-0.2, 0) is 4.79 Å². The Balaban J connectivity index is 2.24. The van der Waals surface area contributed by atoms with Gasteiger partial charge in [0.2, 0.25) is 5.91 Å². The Morgan fingerprint density at radius 1 is 0.800 bits per heavy atom. The molecule has 2 amide bonds. The maximum Gasteiger partial charge on any atom is 0.252 e. The summed E-state index contributed by atoms with van der Waals surface area (Å²) < 4.78 is 20.9. The van der Waals surface area contributed by atoms with E-state index in [1.54, 1.807) is 36.4 Å². The Labute approximate surface area is 176 Å². The number of carbonyl (C=O) groups excluding carboxylic acids is 2. The van der Waals surface area contributed by atoms with E-state index in [0.29, 0.717) is 34.2 Å². The molecule has 2 rings (SSSR count). The van der Waals surface area contributed by atoms with Crippen LogP contribution >= 0.6 is 0 Å². The molecule has 162 valence electrons. The second-order valence-electron chi connectivity index (χ2n) is 6.85. The number of methoxy groups -OCH3 is 4. The summed E-state index contributed by atoms with van der Waals surface area (Å²) in [6.07, 6.45) is 0. The summed E-state index contributed by atoms with van der Waals surface area (Å²) in [5, 5.41) is 5.60. The Bertz CT molecular complexity index is 875. The molecule has 8 nitrogen and oxygen atoms in total. The molecule has 0 aliphatic carbocycles. The zero-order valence-electron chi connectivity index (χ0n) is 18.1. The summed E-state index contributed by atoms with van der Waals surface area (Å²) in [5.41, 5.74) is 0.772. The Hall–Kier alpha value is -3.42. The van der Waals surface area contributed by atoms with Gasteiger partial charge in [0, 0.05) is 17.7 Å². The predicted octanol–water partition coefficient (Wildman–Crippen LogP) is 3.11. The van der Waals surface area contributed by atoms with Crippen molar-refractivity contribution in [2.24, 2.45) is 5.92 Å². The molecule has 0 saturated heterocycles. The molecule has 0 aliphatic heterocycles. The predicted molar refractivity (Wildman–Crippen MR) is 114 cm³/mol. The second kappa shape index (κ2) is 10.4. The third kappa shape index (κ3) is 5.56. The largest absolute Gasteiger partial charge is 0.497 e. The van der Waals surface area contributed by atoms with E-state index in [1.807, 2.05) is 13.8 Å². The highest BCUT2D eigenvalue weighted by Gasteiger charge is 2.26. The van der Waals surface area contributed by atoms with Crippen molar-refractivity contribution in [3.05, 3.63) is 42.0 Å². The number of hydrogen-bond donors (Lipinski definition) is 2. The standard InChI is InChI=1S/C22H28N2O6/c1-13(2)20(22(26)23-18-12-15(27-3)7-8-19(18)30-6)24-21(25)14-9-16(28-4)11-17(10-14)29-5/h7-13,20H,1-6H3,(H,23,26)(H,24,25). The van der Waals surface area contributed by atoms with E-state index < -0.39 is 11.9 Å². The van der Waals surface area contributed by atoms with Crippen LogP contribution in [0.2, 0.25) is 0 Å². The van der Waals surface area contributed by atoms with Crippen LogP contribution in [0.1, 0.15) is 24.2 Å². The van der Waals surface area contributed by atoms with Gasteiger partial charge in [-0.15, -0.1) is 0 Å². The van der Waals surface area contributed by atoms with Gasteiger partial charge in [0.05, 0.1) is 34.1 Å². The summed E-state index contributed by atoms with van der Waals surface area (Å²) in [6, 6.07) is 9.12. The minimum absolute atomic E-state index is 0.168. The number of nitrogens with one attached hydrogen (secondary N) is 2. The lowest BCUT2D eigenvalue weighted by molar-refractivity contribution is -0.118. The fourth-order valence-electron chi connectivity index (χ4n) is 2.82. The Morgan fingerprint density at radius 3 is 1.90 bits per heavy atom. The van der Waals surface area contributed by atoms with Gasteiger partial charge in [-0.05, 0) is 30.2 Å². The smallest absolute Gasteiger partial charge is 0.252 e. The average molecular weight is 416 g/mol. The van der Waals surface area contributed by atoms with Gasteiger partial charge in [-0.25, -0.2) is 0 Å². The summed E-state index contributed by atoms with van der Waals surface area (Å²) in [5.74, 6) is 1.05. The number of anilines is 1. The molecular weight excluding hydrogens is 388 g/mol. The van der Waals surface area contributed by atoms with Crippen molar-refractivity contribution in [3.8, 4) is 23.0 Å². The van der Waals surface area contributed by atoms with E-state index in [1.165, 1.54) is 28.4 Å². The van der Waals surface area contributed by atoms with Crippen LogP contribution in [0.3, 0.4) is 0 Å². The van der Waals surface area contributed by atoms with E-state index in [4.69, 9.17) is 18.9 Å². The van der Waals surface area contributed by atoms with Gasteiger partial charge >= 0.3 is 0 Å². The minimum Gasteiger partial charge on any atom is -0.497 e. The quantitative estimate of drug-likeness (QED) is 0.652. The topological polar surface area (TPSA) is 95.1 Å². The van der Waals surface area contributed by atoms with Gasteiger partial charge in [-0.3, -0.25) is 9.59 Å². The molecule has 0 saturated carbocycles. The fraction of sp³-hybridized carbons (Fsp3) is 0.364. The number of benzene rings is 2. The van der Waals surface area contributed by atoms with Crippen molar-refractivity contribution >= 4 is 17.5 Å². The van der Waals surface area contributed by atoms with Crippen molar-refractivity contribution < 1.29 is 28.5 Å². The molecule has 8 heteroatoms. The van der Waals surface area contributed by atoms with Crippen molar-refractivity contribution in [3.63, 3.8) is 0 Å². The number of rotatable bonds is 9. The first-order chi connectivity index (χ1) is 14.3.